The van der Waals surface area contributed by atoms with Crippen LogP contribution in [-0.2, 0) is 41.7 Å². The summed E-state index contributed by atoms with van der Waals surface area (Å²) in [6, 6.07) is 19.7. The number of hydrogen-bond donors (Lipinski definition) is 0. The molecular formula is C25H30O6. The van der Waals surface area contributed by atoms with Gasteiger partial charge in [-0.05, 0) is 18.1 Å². The van der Waals surface area contributed by atoms with E-state index in [1.165, 1.54) is 6.92 Å². The molecule has 6 nitrogen and oxygen atoms in total. The molecule has 1 aliphatic heterocycles. The number of ether oxygens (including phenoxy) is 5. The van der Waals surface area contributed by atoms with Gasteiger partial charge in [-0.15, -0.1) is 6.58 Å². The standard InChI is InChI=1S/C25H30O6/c1-4-15-27-25-24(31-19(3)26)23(29-17-21-13-9-6-10-14-21)22(18(2)30-25)28-16-20-11-7-5-8-12-20/h4-14,18,22-25H,1,15-17H2,2-3H3/t18-,22-,23+,24+,25+/m0/s1. The highest BCUT2D eigenvalue weighted by Gasteiger charge is 2.48. The van der Waals surface area contributed by atoms with Crippen LogP contribution in [0.3, 0.4) is 0 Å². The van der Waals surface area contributed by atoms with Gasteiger partial charge in [-0.1, -0.05) is 66.7 Å². The zero-order chi connectivity index (χ0) is 22.1. The lowest BCUT2D eigenvalue weighted by Gasteiger charge is -2.44. The first-order chi connectivity index (χ1) is 15.1. The molecule has 0 unspecified atom stereocenters. The molecule has 0 aliphatic carbocycles. The van der Waals surface area contributed by atoms with Gasteiger partial charge in [0.1, 0.15) is 12.2 Å². The number of carbonyl (C=O) groups excluding carboxylic acids is 1. The average molecular weight is 427 g/mol. The van der Waals surface area contributed by atoms with Crippen molar-refractivity contribution < 1.29 is 28.5 Å². The normalized spacial score (nSPS) is 25.7. The number of carbonyl (C=O) groups is 1. The summed E-state index contributed by atoms with van der Waals surface area (Å²) in [4.78, 5) is 11.9. The molecule has 5 atom stereocenters. The van der Waals surface area contributed by atoms with Gasteiger partial charge in [-0.25, -0.2) is 0 Å². The van der Waals surface area contributed by atoms with Crippen molar-refractivity contribution in [1.82, 2.24) is 0 Å². The molecule has 0 amide bonds. The van der Waals surface area contributed by atoms with Crippen molar-refractivity contribution in [2.75, 3.05) is 6.61 Å². The van der Waals surface area contributed by atoms with Crippen LogP contribution in [-0.4, -0.2) is 43.3 Å². The van der Waals surface area contributed by atoms with Gasteiger partial charge >= 0.3 is 5.97 Å². The number of esters is 1. The Balaban J connectivity index is 1.81. The maximum absolute atomic E-state index is 11.9. The second kappa shape index (κ2) is 11.8. The fourth-order valence-corrected chi connectivity index (χ4v) is 3.54. The van der Waals surface area contributed by atoms with E-state index in [4.69, 9.17) is 23.7 Å². The molecule has 2 aromatic carbocycles. The van der Waals surface area contributed by atoms with Crippen molar-refractivity contribution >= 4 is 5.97 Å². The summed E-state index contributed by atoms with van der Waals surface area (Å²) in [5.74, 6) is -0.439. The van der Waals surface area contributed by atoms with Gasteiger partial charge in [0.25, 0.3) is 0 Å². The predicted molar refractivity (Wildman–Crippen MR) is 116 cm³/mol. The van der Waals surface area contributed by atoms with E-state index in [2.05, 4.69) is 6.58 Å². The van der Waals surface area contributed by atoms with Gasteiger partial charge in [-0.3, -0.25) is 4.79 Å². The smallest absolute Gasteiger partial charge is 0.303 e. The van der Waals surface area contributed by atoms with E-state index in [9.17, 15) is 4.79 Å². The largest absolute Gasteiger partial charge is 0.454 e. The maximum atomic E-state index is 11.9. The highest BCUT2D eigenvalue weighted by molar-refractivity contribution is 5.66. The van der Waals surface area contributed by atoms with Crippen molar-refractivity contribution in [3.05, 3.63) is 84.4 Å². The maximum Gasteiger partial charge on any atom is 0.303 e. The van der Waals surface area contributed by atoms with Crippen LogP contribution >= 0.6 is 0 Å². The van der Waals surface area contributed by atoms with Crippen LogP contribution in [0.5, 0.6) is 0 Å². The Morgan fingerprint density at radius 3 is 1.97 bits per heavy atom. The first-order valence-corrected chi connectivity index (χ1v) is 10.4. The topological polar surface area (TPSA) is 63.2 Å². The Bertz CT molecular complexity index is 809. The van der Waals surface area contributed by atoms with E-state index < -0.39 is 30.6 Å². The van der Waals surface area contributed by atoms with Crippen molar-refractivity contribution in [3.8, 4) is 0 Å². The van der Waals surface area contributed by atoms with Crippen LogP contribution in [0.4, 0.5) is 0 Å². The van der Waals surface area contributed by atoms with Gasteiger partial charge in [-0.2, -0.15) is 0 Å². The first kappa shape index (κ1) is 23.2. The van der Waals surface area contributed by atoms with E-state index in [-0.39, 0.29) is 12.7 Å². The lowest BCUT2D eigenvalue weighted by molar-refractivity contribution is -0.310. The number of rotatable bonds is 10. The zero-order valence-electron chi connectivity index (χ0n) is 18.0. The summed E-state index contributed by atoms with van der Waals surface area (Å²) in [5.41, 5.74) is 2.04. The second-order valence-corrected chi connectivity index (χ2v) is 7.43. The van der Waals surface area contributed by atoms with E-state index in [0.29, 0.717) is 13.2 Å². The van der Waals surface area contributed by atoms with E-state index >= 15 is 0 Å². The molecule has 0 bridgehead atoms. The average Bonchev–Trinajstić information content (AvgIpc) is 2.78. The minimum atomic E-state index is -0.783. The third kappa shape index (κ3) is 6.74. The summed E-state index contributed by atoms with van der Waals surface area (Å²) >= 11 is 0. The predicted octanol–water partition coefficient (Wildman–Crippen LogP) is 4.04. The van der Waals surface area contributed by atoms with Crippen LogP contribution in [0.1, 0.15) is 25.0 Å². The molecule has 0 spiro atoms. The minimum Gasteiger partial charge on any atom is -0.454 e. The molecule has 1 saturated heterocycles. The molecule has 1 aliphatic rings. The molecule has 1 heterocycles. The van der Waals surface area contributed by atoms with Gasteiger partial charge < -0.3 is 23.7 Å². The van der Waals surface area contributed by atoms with Gasteiger partial charge in [0, 0.05) is 6.92 Å². The highest BCUT2D eigenvalue weighted by atomic mass is 16.7. The van der Waals surface area contributed by atoms with Crippen LogP contribution in [0, 0.1) is 0 Å². The summed E-state index contributed by atoms with van der Waals surface area (Å²) < 4.78 is 29.9. The van der Waals surface area contributed by atoms with Crippen molar-refractivity contribution in [2.24, 2.45) is 0 Å². The van der Waals surface area contributed by atoms with Crippen LogP contribution in [0.2, 0.25) is 0 Å². The Hall–Kier alpha value is -2.51. The van der Waals surface area contributed by atoms with Gasteiger partial charge in [0.05, 0.1) is 25.9 Å². The van der Waals surface area contributed by atoms with Crippen LogP contribution in [0.25, 0.3) is 0 Å². The fraction of sp³-hybridized carbons (Fsp3) is 0.400. The fourth-order valence-electron chi connectivity index (χ4n) is 3.54. The molecule has 0 saturated carbocycles. The zero-order valence-corrected chi connectivity index (χ0v) is 18.0. The summed E-state index contributed by atoms with van der Waals surface area (Å²) in [6.45, 7) is 7.93. The molecule has 31 heavy (non-hydrogen) atoms. The van der Waals surface area contributed by atoms with Crippen LogP contribution in [0.15, 0.2) is 73.3 Å². The third-order valence-corrected chi connectivity index (χ3v) is 4.98. The van der Waals surface area contributed by atoms with Gasteiger partial charge in [0.2, 0.25) is 0 Å². The first-order valence-electron chi connectivity index (χ1n) is 10.4. The molecule has 0 N–H and O–H groups in total. The lowest BCUT2D eigenvalue weighted by Crippen LogP contribution is -2.60. The summed E-state index contributed by atoms with van der Waals surface area (Å²) in [5, 5.41) is 0. The summed E-state index contributed by atoms with van der Waals surface area (Å²) in [6.07, 6.45) is -1.32. The Morgan fingerprint density at radius 2 is 1.45 bits per heavy atom. The molecule has 2 aromatic rings. The molecule has 166 valence electrons. The lowest BCUT2D eigenvalue weighted by atomic mass is 9.98. The molecule has 0 aromatic heterocycles. The SMILES string of the molecule is C=CCO[C@@H]1O[C@@H](C)[C@H](OCc2ccccc2)[C@@H](OCc2ccccc2)[C@H]1OC(C)=O. The summed E-state index contributed by atoms with van der Waals surface area (Å²) in [7, 11) is 0. The quantitative estimate of drug-likeness (QED) is 0.422. The Morgan fingerprint density at radius 1 is 0.903 bits per heavy atom. The van der Waals surface area contributed by atoms with Gasteiger partial charge in [0.15, 0.2) is 12.4 Å². The molecule has 0 radical (unpaired) electrons. The second-order valence-electron chi connectivity index (χ2n) is 7.43. The highest BCUT2D eigenvalue weighted by Crippen LogP contribution is 2.30. The van der Waals surface area contributed by atoms with Crippen molar-refractivity contribution in [3.63, 3.8) is 0 Å². The molecule has 1 fully saturated rings. The van der Waals surface area contributed by atoms with E-state index in [0.717, 1.165) is 11.1 Å². The molecule has 3 rings (SSSR count). The monoisotopic (exact) mass is 426 g/mol. The molecular weight excluding hydrogens is 396 g/mol. The van der Waals surface area contributed by atoms with Crippen molar-refractivity contribution in [1.29, 1.82) is 0 Å². The minimum absolute atomic E-state index is 0.260. The number of benzene rings is 2. The van der Waals surface area contributed by atoms with Crippen molar-refractivity contribution in [2.45, 2.75) is 57.8 Å². The van der Waals surface area contributed by atoms with Crippen LogP contribution < -0.4 is 0 Å². The Labute approximate surface area is 183 Å². The molecule has 6 heteroatoms. The third-order valence-electron chi connectivity index (χ3n) is 4.98. The Kier molecular flexibility index (Phi) is 8.79. The van der Waals surface area contributed by atoms with E-state index in [1.54, 1.807) is 6.08 Å². The number of hydrogen-bond acceptors (Lipinski definition) is 6. The van der Waals surface area contributed by atoms with E-state index in [1.807, 2.05) is 67.6 Å².